The third-order valence-electron chi connectivity index (χ3n) is 8.56. The second-order valence-electron chi connectivity index (χ2n) is 10.4. The van der Waals surface area contributed by atoms with Gasteiger partial charge in [-0.15, -0.1) is 0 Å². The van der Waals surface area contributed by atoms with E-state index in [1.807, 2.05) is 12.1 Å². The van der Waals surface area contributed by atoms with E-state index in [1.165, 1.54) is 36.2 Å². The number of hydrogen-bond donors (Lipinski definition) is 0. The topological polar surface area (TPSA) is 60.5 Å². The van der Waals surface area contributed by atoms with Gasteiger partial charge in [0.2, 0.25) is 0 Å². The Balaban J connectivity index is 1.47. The van der Waals surface area contributed by atoms with Crippen LogP contribution in [0, 0.1) is 22.0 Å². The number of methoxy groups -OCH3 is 1. The lowest BCUT2D eigenvalue weighted by molar-refractivity contribution is -0.384. The van der Waals surface area contributed by atoms with E-state index in [9.17, 15) is 10.1 Å². The monoisotopic (exact) mass is 445 g/mol. The fourth-order valence-electron chi connectivity index (χ4n) is 6.55. The maximum atomic E-state index is 11.5. The molecule has 0 radical (unpaired) electrons. The average molecular weight is 446 g/mol. The molecule has 3 aliphatic rings. The summed E-state index contributed by atoms with van der Waals surface area (Å²) in [6.07, 6.45) is 5.82. The number of fused-ring (bicyclic) bond motifs is 4. The summed E-state index contributed by atoms with van der Waals surface area (Å²) in [5, 5.41) is 12.5. The number of aromatic nitrogens is 1. The van der Waals surface area contributed by atoms with Crippen LogP contribution in [0.1, 0.15) is 36.1 Å². The normalized spacial score (nSPS) is 25.0. The molecule has 6 heteroatoms. The summed E-state index contributed by atoms with van der Waals surface area (Å²) < 4.78 is 7.88. The molecule has 2 aromatic carbocycles. The highest BCUT2D eigenvalue weighted by Crippen LogP contribution is 2.50. The van der Waals surface area contributed by atoms with Gasteiger partial charge in [0.05, 0.1) is 12.0 Å². The Labute approximate surface area is 194 Å². The molecule has 2 fully saturated rings. The minimum absolute atomic E-state index is 0.0651. The van der Waals surface area contributed by atoms with E-state index >= 15 is 0 Å². The summed E-state index contributed by atoms with van der Waals surface area (Å²) in [4.78, 5) is 13.9. The van der Waals surface area contributed by atoms with Gasteiger partial charge in [-0.05, 0) is 79.8 Å². The Hall–Kier alpha value is -2.86. The minimum atomic E-state index is -0.278. The number of likely N-dealkylation sites (tertiary alicyclic amines) is 1. The second-order valence-corrected chi connectivity index (χ2v) is 10.4. The zero-order chi connectivity index (χ0) is 22.7. The van der Waals surface area contributed by atoms with Gasteiger partial charge in [-0.25, -0.2) is 0 Å². The molecule has 33 heavy (non-hydrogen) atoms. The van der Waals surface area contributed by atoms with Crippen molar-refractivity contribution in [2.75, 3.05) is 26.7 Å². The first kappa shape index (κ1) is 20.7. The van der Waals surface area contributed by atoms with Gasteiger partial charge in [-0.1, -0.05) is 12.1 Å². The summed E-state index contributed by atoms with van der Waals surface area (Å²) in [5.74, 6) is 2.28. The van der Waals surface area contributed by atoms with Gasteiger partial charge in [0.1, 0.15) is 5.75 Å². The third-order valence-corrected chi connectivity index (χ3v) is 8.56. The number of nitro benzene ring substituents is 1. The lowest BCUT2D eigenvalue weighted by Crippen LogP contribution is -2.54. The van der Waals surface area contributed by atoms with Crippen molar-refractivity contribution in [3.8, 4) is 5.75 Å². The summed E-state index contributed by atoms with van der Waals surface area (Å²) >= 11 is 0. The van der Waals surface area contributed by atoms with Crippen LogP contribution in [0.25, 0.3) is 10.9 Å². The van der Waals surface area contributed by atoms with Crippen molar-refractivity contribution in [3.63, 3.8) is 0 Å². The molecule has 2 aliphatic carbocycles. The van der Waals surface area contributed by atoms with Crippen molar-refractivity contribution >= 4 is 16.6 Å². The van der Waals surface area contributed by atoms with Crippen molar-refractivity contribution in [2.45, 2.75) is 37.5 Å². The van der Waals surface area contributed by atoms with Crippen molar-refractivity contribution in [1.29, 1.82) is 0 Å². The first-order valence-corrected chi connectivity index (χ1v) is 12.1. The highest BCUT2D eigenvalue weighted by molar-refractivity contribution is 5.88. The molecule has 172 valence electrons. The number of non-ortho nitro benzene ring substituents is 1. The van der Waals surface area contributed by atoms with Crippen molar-refractivity contribution in [1.82, 2.24) is 9.47 Å². The maximum Gasteiger partial charge on any atom is 0.270 e. The molecule has 6 rings (SSSR count). The number of nitro groups is 1. The molecule has 1 aliphatic heterocycles. The summed E-state index contributed by atoms with van der Waals surface area (Å²) in [5.41, 5.74) is 5.36. The Morgan fingerprint density at radius 2 is 2.06 bits per heavy atom. The zero-order valence-electron chi connectivity index (χ0n) is 19.4. The molecular formula is C27H31N3O3. The lowest BCUT2D eigenvalue weighted by Gasteiger charge is -2.51. The number of hydrogen-bond acceptors (Lipinski definition) is 4. The lowest BCUT2D eigenvalue weighted by atomic mass is 9.58. The molecule has 2 heterocycles. The molecule has 2 unspecified atom stereocenters. The average Bonchev–Trinajstić information content (AvgIpc) is 3.62. The zero-order valence-corrected chi connectivity index (χ0v) is 19.4. The van der Waals surface area contributed by atoms with Gasteiger partial charge >= 0.3 is 0 Å². The van der Waals surface area contributed by atoms with E-state index in [4.69, 9.17) is 4.74 Å². The fourth-order valence-corrected chi connectivity index (χ4v) is 6.55. The van der Waals surface area contributed by atoms with Crippen molar-refractivity contribution < 1.29 is 9.66 Å². The molecular weight excluding hydrogens is 414 g/mol. The molecule has 3 aromatic rings. The van der Waals surface area contributed by atoms with Crippen LogP contribution in [-0.4, -0.2) is 41.1 Å². The molecule has 1 aromatic heterocycles. The largest absolute Gasteiger partial charge is 0.497 e. The number of ether oxygens (including phenoxy) is 1. The van der Waals surface area contributed by atoms with Gasteiger partial charge in [0, 0.05) is 54.3 Å². The molecule has 2 atom stereocenters. The van der Waals surface area contributed by atoms with Crippen LogP contribution in [0.4, 0.5) is 5.69 Å². The van der Waals surface area contributed by atoms with Gasteiger partial charge in [-0.2, -0.15) is 0 Å². The maximum absolute atomic E-state index is 11.5. The Morgan fingerprint density at radius 3 is 2.82 bits per heavy atom. The van der Waals surface area contributed by atoms with Gasteiger partial charge in [0.15, 0.2) is 0 Å². The van der Waals surface area contributed by atoms with E-state index in [-0.39, 0.29) is 16.0 Å². The van der Waals surface area contributed by atoms with E-state index in [0.717, 1.165) is 54.9 Å². The fraction of sp³-hybridized carbons (Fsp3) is 0.481. The molecule has 6 nitrogen and oxygen atoms in total. The van der Waals surface area contributed by atoms with E-state index in [2.05, 4.69) is 34.7 Å². The molecule has 0 bridgehead atoms. The smallest absolute Gasteiger partial charge is 0.270 e. The van der Waals surface area contributed by atoms with Crippen LogP contribution in [0.15, 0.2) is 42.5 Å². The molecule has 0 N–H and O–H groups in total. The third kappa shape index (κ3) is 3.34. The first-order valence-electron chi connectivity index (χ1n) is 12.1. The van der Waals surface area contributed by atoms with Crippen LogP contribution in [-0.2, 0) is 25.3 Å². The molecule has 0 spiro atoms. The Kier molecular flexibility index (Phi) is 4.77. The highest BCUT2D eigenvalue weighted by atomic mass is 16.6. The number of aryl methyl sites for hydroxylation is 1. The van der Waals surface area contributed by atoms with Crippen LogP contribution in [0.3, 0.4) is 0 Å². The quantitative estimate of drug-likeness (QED) is 0.416. The predicted molar refractivity (Wildman–Crippen MR) is 129 cm³/mol. The van der Waals surface area contributed by atoms with Crippen molar-refractivity contribution in [3.05, 3.63) is 69.4 Å². The van der Waals surface area contributed by atoms with Crippen LogP contribution in [0.5, 0.6) is 5.75 Å². The van der Waals surface area contributed by atoms with Crippen LogP contribution >= 0.6 is 0 Å². The summed E-state index contributed by atoms with van der Waals surface area (Å²) in [7, 11) is 3.86. The number of piperidine rings is 1. The van der Waals surface area contributed by atoms with Crippen LogP contribution < -0.4 is 4.74 Å². The highest BCUT2D eigenvalue weighted by Gasteiger charge is 2.49. The molecule has 0 amide bonds. The molecule has 1 saturated carbocycles. The first-order chi connectivity index (χ1) is 16.0. The van der Waals surface area contributed by atoms with Gasteiger partial charge in [-0.3, -0.25) is 10.1 Å². The second kappa shape index (κ2) is 7.59. The summed E-state index contributed by atoms with van der Waals surface area (Å²) in [6, 6.07) is 14.0. The Morgan fingerprint density at radius 1 is 1.21 bits per heavy atom. The predicted octanol–water partition coefficient (Wildman–Crippen LogP) is 4.86. The van der Waals surface area contributed by atoms with Crippen LogP contribution in [0.2, 0.25) is 0 Å². The van der Waals surface area contributed by atoms with Gasteiger partial charge in [0.25, 0.3) is 5.69 Å². The standard InChI is InChI=1S/C27H31N3O3/c1-28-25-9-8-21(30(31)32)14-24(25)23-13-20-17-29(16-18-6-7-18)11-10-27(20,15-26(23)28)19-4-3-5-22(12-19)33-2/h3-5,8-9,12,14,18,20H,6-7,10-11,13,15-17H2,1-2H3. The molecule has 1 saturated heterocycles. The number of rotatable bonds is 5. The van der Waals surface area contributed by atoms with E-state index in [1.54, 1.807) is 19.2 Å². The SMILES string of the molecule is COc1cccc(C23CCN(CC4CC4)CC2Cc2c(n(C)c4ccc([N+](=O)[O-])cc24)C3)c1. The number of nitrogens with zero attached hydrogens (tertiary/aromatic N) is 3. The summed E-state index contributed by atoms with van der Waals surface area (Å²) in [6.45, 7) is 3.45. The van der Waals surface area contributed by atoms with Gasteiger partial charge < -0.3 is 14.2 Å². The van der Waals surface area contributed by atoms with E-state index in [0.29, 0.717) is 5.92 Å². The van der Waals surface area contributed by atoms with E-state index < -0.39 is 0 Å². The van der Waals surface area contributed by atoms with Crippen molar-refractivity contribution in [2.24, 2.45) is 18.9 Å². The Bertz CT molecular complexity index is 1240. The minimum Gasteiger partial charge on any atom is -0.497 e. The number of benzene rings is 2.